The Morgan fingerprint density at radius 3 is 2.69 bits per heavy atom. The van der Waals surface area contributed by atoms with Crippen molar-refractivity contribution in [2.75, 3.05) is 5.32 Å². The highest BCUT2D eigenvalue weighted by Gasteiger charge is 2.17. The standard InChI is InChI=1S/C13H8NOS/c15-8-9-4-3-7-12-13(9)14-10-5-1-2-6-11(10)16-12/h1-7,14H. The maximum atomic E-state index is 10.8. The van der Waals surface area contributed by atoms with E-state index in [0.717, 1.165) is 16.3 Å². The van der Waals surface area contributed by atoms with Gasteiger partial charge in [0.2, 0.25) is 6.29 Å². The van der Waals surface area contributed by atoms with E-state index in [4.69, 9.17) is 0 Å². The first-order chi connectivity index (χ1) is 7.88. The van der Waals surface area contributed by atoms with E-state index in [9.17, 15) is 4.79 Å². The highest BCUT2D eigenvalue weighted by Crippen LogP contribution is 2.44. The molecular formula is C13H8NOS. The molecule has 0 aromatic heterocycles. The van der Waals surface area contributed by atoms with Gasteiger partial charge in [-0.1, -0.05) is 30.0 Å². The summed E-state index contributed by atoms with van der Waals surface area (Å²) in [6.45, 7) is 0. The molecule has 3 rings (SSSR count). The zero-order valence-corrected chi connectivity index (χ0v) is 9.17. The Balaban J connectivity index is 2.15. The maximum absolute atomic E-state index is 10.8. The Hall–Kier alpha value is -1.74. The van der Waals surface area contributed by atoms with E-state index in [1.54, 1.807) is 17.8 Å². The molecule has 2 aromatic rings. The van der Waals surface area contributed by atoms with Crippen molar-refractivity contribution in [3.8, 4) is 0 Å². The van der Waals surface area contributed by atoms with Crippen molar-refractivity contribution in [2.24, 2.45) is 0 Å². The van der Waals surface area contributed by atoms with Crippen LogP contribution in [0.4, 0.5) is 11.4 Å². The van der Waals surface area contributed by atoms with E-state index < -0.39 is 0 Å². The van der Waals surface area contributed by atoms with Crippen LogP contribution in [0.15, 0.2) is 52.3 Å². The van der Waals surface area contributed by atoms with Crippen LogP contribution in [0.2, 0.25) is 0 Å². The first-order valence-corrected chi connectivity index (χ1v) is 5.75. The van der Waals surface area contributed by atoms with E-state index in [-0.39, 0.29) is 0 Å². The average molecular weight is 226 g/mol. The second-order valence-electron chi connectivity index (χ2n) is 3.50. The molecule has 0 unspecified atom stereocenters. The molecule has 1 aliphatic heterocycles. The van der Waals surface area contributed by atoms with Gasteiger partial charge in [0, 0.05) is 9.79 Å². The number of benzene rings is 2. The summed E-state index contributed by atoms with van der Waals surface area (Å²) in [5, 5.41) is 3.28. The quantitative estimate of drug-likeness (QED) is 0.690. The third-order valence-electron chi connectivity index (χ3n) is 2.50. The number of hydrogen-bond donors (Lipinski definition) is 1. The normalized spacial score (nSPS) is 12.2. The van der Waals surface area contributed by atoms with Crippen molar-refractivity contribution in [3.63, 3.8) is 0 Å². The highest BCUT2D eigenvalue weighted by atomic mass is 32.2. The summed E-state index contributed by atoms with van der Waals surface area (Å²) in [5.74, 6) is 0. The number of fused-ring (bicyclic) bond motifs is 2. The van der Waals surface area contributed by atoms with Crippen LogP contribution < -0.4 is 5.32 Å². The lowest BCUT2D eigenvalue weighted by Gasteiger charge is -2.21. The summed E-state index contributed by atoms with van der Waals surface area (Å²) in [7, 11) is 0. The van der Waals surface area contributed by atoms with Crippen LogP contribution in [0, 0.1) is 0 Å². The number of carbonyl (C=O) groups excluding carboxylic acids is 1. The highest BCUT2D eigenvalue weighted by molar-refractivity contribution is 7.99. The molecule has 0 atom stereocenters. The van der Waals surface area contributed by atoms with Crippen LogP contribution >= 0.6 is 11.8 Å². The monoisotopic (exact) mass is 226 g/mol. The topological polar surface area (TPSA) is 29.1 Å². The van der Waals surface area contributed by atoms with Gasteiger partial charge in [0.25, 0.3) is 0 Å². The Morgan fingerprint density at radius 1 is 1.00 bits per heavy atom. The number of hydrogen-bond acceptors (Lipinski definition) is 3. The minimum atomic E-state index is 0.583. The summed E-state index contributed by atoms with van der Waals surface area (Å²) >= 11 is 1.67. The third kappa shape index (κ3) is 1.41. The molecule has 77 valence electrons. The van der Waals surface area contributed by atoms with Gasteiger partial charge in [0.1, 0.15) is 0 Å². The lowest BCUT2D eigenvalue weighted by molar-refractivity contribution is 0.563. The van der Waals surface area contributed by atoms with Crippen LogP contribution in [0.3, 0.4) is 0 Å². The minimum absolute atomic E-state index is 0.583. The van der Waals surface area contributed by atoms with Gasteiger partial charge in [-0.15, -0.1) is 0 Å². The maximum Gasteiger partial charge on any atom is 0.235 e. The smallest absolute Gasteiger partial charge is 0.235 e. The fourth-order valence-corrected chi connectivity index (χ4v) is 2.76. The lowest BCUT2D eigenvalue weighted by Crippen LogP contribution is -2.02. The molecule has 1 heterocycles. The van der Waals surface area contributed by atoms with Crippen molar-refractivity contribution >= 4 is 29.4 Å². The van der Waals surface area contributed by atoms with Gasteiger partial charge in [-0.3, -0.25) is 4.79 Å². The molecule has 0 bridgehead atoms. The van der Waals surface area contributed by atoms with Crippen LogP contribution in [0.5, 0.6) is 0 Å². The summed E-state index contributed by atoms with van der Waals surface area (Å²) in [4.78, 5) is 13.1. The number of nitrogens with one attached hydrogen (secondary N) is 1. The molecular weight excluding hydrogens is 218 g/mol. The van der Waals surface area contributed by atoms with Gasteiger partial charge < -0.3 is 5.32 Å². The van der Waals surface area contributed by atoms with E-state index >= 15 is 0 Å². The van der Waals surface area contributed by atoms with Gasteiger partial charge >= 0.3 is 0 Å². The minimum Gasteiger partial charge on any atom is -0.353 e. The largest absolute Gasteiger partial charge is 0.353 e. The molecule has 0 saturated heterocycles. The van der Waals surface area contributed by atoms with Gasteiger partial charge in [-0.2, -0.15) is 0 Å². The van der Waals surface area contributed by atoms with Crippen LogP contribution in [0.25, 0.3) is 0 Å². The summed E-state index contributed by atoms with van der Waals surface area (Å²) < 4.78 is 0. The zero-order valence-electron chi connectivity index (χ0n) is 8.36. The molecule has 16 heavy (non-hydrogen) atoms. The second-order valence-corrected chi connectivity index (χ2v) is 4.59. The molecule has 2 nitrogen and oxygen atoms in total. The molecule has 1 radical (unpaired) electrons. The van der Waals surface area contributed by atoms with E-state index in [2.05, 4.69) is 11.4 Å². The SMILES string of the molecule is O=[C]c1cccc2c1Nc1ccccc1S2. The van der Waals surface area contributed by atoms with Crippen LogP contribution in [0.1, 0.15) is 5.56 Å². The van der Waals surface area contributed by atoms with E-state index in [1.807, 2.05) is 36.6 Å². The molecule has 0 aliphatic carbocycles. The summed E-state index contributed by atoms with van der Waals surface area (Å²) in [5.41, 5.74) is 2.49. The Morgan fingerprint density at radius 2 is 1.81 bits per heavy atom. The molecule has 0 spiro atoms. The van der Waals surface area contributed by atoms with Crippen molar-refractivity contribution in [1.82, 2.24) is 0 Å². The van der Waals surface area contributed by atoms with Crippen molar-refractivity contribution in [2.45, 2.75) is 9.79 Å². The lowest BCUT2D eigenvalue weighted by atomic mass is 10.2. The number of rotatable bonds is 1. The fraction of sp³-hybridized carbons (Fsp3) is 0. The van der Waals surface area contributed by atoms with Crippen LogP contribution in [-0.4, -0.2) is 6.29 Å². The zero-order chi connectivity index (χ0) is 11.0. The third-order valence-corrected chi connectivity index (χ3v) is 3.64. The molecule has 2 aromatic carbocycles. The van der Waals surface area contributed by atoms with Crippen molar-refractivity contribution in [1.29, 1.82) is 0 Å². The second kappa shape index (κ2) is 3.68. The fourth-order valence-electron chi connectivity index (χ4n) is 1.74. The first-order valence-electron chi connectivity index (χ1n) is 4.93. The van der Waals surface area contributed by atoms with Gasteiger partial charge in [0.15, 0.2) is 0 Å². The average Bonchev–Trinajstić information content (AvgIpc) is 2.35. The molecule has 1 aliphatic rings. The Labute approximate surface area is 97.7 Å². The Bertz CT molecular complexity index is 566. The summed E-state index contributed by atoms with van der Waals surface area (Å²) in [6.07, 6.45) is 1.96. The predicted molar refractivity (Wildman–Crippen MR) is 65.1 cm³/mol. The van der Waals surface area contributed by atoms with Gasteiger partial charge in [0.05, 0.1) is 16.9 Å². The molecule has 3 heteroatoms. The molecule has 0 saturated carbocycles. The van der Waals surface area contributed by atoms with E-state index in [0.29, 0.717) is 5.56 Å². The van der Waals surface area contributed by atoms with Crippen molar-refractivity contribution in [3.05, 3.63) is 48.0 Å². The molecule has 0 fully saturated rings. The van der Waals surface area contributed by atoms with E-state index in [1.165, 1.54) is 4.90 Å². The summed E-state index contributed by atoms with van der Waals surface area (Å²) in [6, 6.07) is 13.7. The van der Waals surface area contributed by atoms with Crippen LogP contribution in [-0.2, 0) is 4.79 Å². The van der Waals surface area contributed by atoms with Gasteiger partial charge in [-0.25, -0.2) is 0 Å². The molecule has 0 amide bonds. The molecule has 1 N–H and O–H groups in total. The first kappa shape index (κ1) is 9.48. The number of para-hydroxylation sites is 2. The van der Waals surface area contributed by atoms with Gasteiger partial charge in [-0.05, 0) is 24.3 Å². The Kier molecular flexibility index (Phi) is 2.18. The number of anilines is 2. The van der Waals surface area contributed by atoms with Crippen molar-refractivity contribution < 1.29 is 4.79 Å². The predicted octanol–water partition coefficient (Wildman–Crippen LogP) is 3.35.